The number of nitrogens with zero attached hydrogens (tertiary/aromatic N) is 1. The largest absolute Gasteiger partial charge is 0.396 e. The molecule has 19 heavy (non-hydrogen) atoms. The molecule has 0 aromatic carbocycles. The van der Waals surface area contributed by atoms with Crippen molar-refractivity contribution in [1.82, 2.24) is 10.3 Å². The van der Waals surface area contributed by atoms with Crippen LogP contribution in [0.2, 0.25) is 0 Å². The third kappa shape index (κ3) is 2.56. The van der Waals surface area contributed by atoms with Gasteiger partial charge in [0.05, 0.1) is 10.4 Å². The van der Waals surface area contributed by atoms with E-state index in [0.29, 0.717) is 16.1 Å². The SMILES string of the molecule is CCC(C)(CC)NC(=O)c1sc2cccnc2c1N. The number of aromatic nitrogens is 1. The Balaban J connectivity index is 2.34. The molecule has 2 heterocycles. The van der Waals surface area contributed by atoms with Gasteiger partial charge in [-0.3, -0.25) is 9.78 Å². The molecule has 2 aromatic rings. The maximum atomic E-state index is 12.4. The van der Waals surface area contributed by atoms with E-state index in [4.69, 9.17) is 5.73 Å². The standard InChI is InChI=1S/C14H19N3OS/c1-4-14(3,5-2)17-13(18)12-10(15)11-9(19-12)7-6-8-16-11/h6-8H,4-5,15H2,1-3H3,(H,17,18). The molecule has 0 bridgehead atoms. The van der Waals surface area contributed by atoms with Crippen LogP contribution in [0.5, 0.6) is 0 Å². The van der Waals surface area contributed by atoms with Gasteiger partial charge in [0.2, 0.25) is 0 Å². The minimum Gasteiger partial charge on any atom is -0.396 e. The molecule has 0 radical (unpaired) electrons. The summed E-state index contributed by atoms with van der Waals surface area (Å²) in [5.41, 5.74) is 7.04. The van der Waals surface area contributed by atoms with Crippen molar-refractivity contribution in [2.24, 2.45) is 0 Å². The van der Waals surface area contributed by atoms with Crippen molar-refractivity contribution in [3.05, 3.63) is 23.2 Å². The first-order valence-electron chi connectivity index (χ1n) is 6.46. The minimum atomic E-state index is -0.187. The van der Waals surface area contributed by atoms with Crippen LogP contribution in [0.1, 0.15) is 43.3 Å². The summed E-state index contributed by atoms with van der Waals surface area (Å²) in [6.45, 7) is 6.19. The van der Waals surface area contributed by atoms with Crippen LogP contribution in [-0.4, -0.2) is 16.4 Å². The molecular formula is C14H19N3OS. The zero-order valence-electron chi connectivity index (χ0n) is 11.5. The molecule has 0 aliphatic rings. The van der Waals surface area contributed by atoms with E-state index in [9.17, 15) is 4.79 Å². The average molecular weight is 277 g/mol. The number of carbonyl (C=O) groups excluding carboxylic acids is 1. The average Bonchev–Trinajstić information content (AvgIpc) is 2.76. The maximum Gasteiger partial charge on any atom is 0.263 e. The maximum absolute atomic E-state index is 12.4. The molecule has 0 atom stereocenters. The van der Waals surface area contributed by atoms with Gasteiger partial charge in [-0.2, -0.15) is 0 Å². The lowest BCUT2D eigenvalue weighted by atomic mass is 9.95. The third-order valence-electron chi connectivity index (χ3n) is 3.66. The Morgan fingerprint density at radius 2 is 2.16 bits per heavy atom. The van der Waals surface area contributed by atoms with Crippen molar-refractivity contribution in [2.45, 2.75) is 39.2 Å². The summed E-state index contributed by atoms with van der Waals surface area (Å²) < 4.78 is 0.944. The van der Waals surface area contributed by atoms with E-state index in [1.807, 2.05) is 19.1 Å². The zero-order valence-corrected chi connectivity index (χ0v) is 12.3. The fraction of sp³-hybridized carbons (Fsp3) is 0.429. The Labute approximate surface area is 117 Å². The highest BCUT2D eigenvalue weighted by Crippen LogP contribution is 2.32. The number of hydrogen-bond acceptors (Lipinski definition) is 4. The lowest BCUT2D eigenvalue weighted by Crippen LogP contribution is -2.44. The first-order chi connectivity index (χ1) is 9.00. The molecule has 0 saturated carbocycles. The number of pyridine rings is 1. The monoisotopic (exact) mass is 277 g/mol. The van der Waals surface area contributed by atoms with Gasteiger partial charge in [0.25, 0.3) is 5.91 Å². The van der Waals surface area contributed by atoms with Crippen LogP contribution >= 0.6 is 11.3 Å². The van der Waals surface area contributed by atoms with Crippen molar-refractivity contribution in [2.75, 3.05) is 5.73 Å². The predicted molar refractivity (Wildman–Crippen MR) is 80.5 cm³/mol. The lowest BCUT2D eigenvalue weighted by molar-refractivity contribution is 0.0906. The number of rotatable bonds is 4. The van der Waals surface area contributed by atoms with E-state index in [1.165, 1.54) is 11.3 Å². The van der Waals surface area contributed by atoms with Crippen molar-refractivity contribution < 1.29 is 4.79 Å². The zero-order chi connectivity index (χ0) is 14.0. The molecule has 5 heteroatoms. The molecule has 1 amide bonds. The van der Waals surface area contributed by atoms with Gasteiger partial charge >= 0.3 is 0 Å². The number of thiophene rings is 1. The van der Waals surface area contributed by atoms with Crippen LogP contribution in [0.25, 0.3) is 10.2 Å². The summed E-state index contributed by atoms with van der Waals surface area (Å²) in [6.07, 6.45) is 3.46. The highest BCUT2D eigenvalue weighted by Gasteiger charge is 2.25. The Hall–Kier alpha value is -1.62. The van der Waals surface area contributed by atoms with Gasteiger partial charge in [-0.05, 0) is 31.9 Å². The van der Waals surface area contributed by atoms with E-state index in [2.05, 4.69) is 24.1 Å². The number of carbonyl (C=O) groups is 1. The molecule has 0 aliphatic carbocycles. The first-order valence-corrected chi connectivity index (χ1v) is 7.28. The van der Waals surface area contributed by atoms with Crippen molar-refractivity contribution >= 4 is 33.1 Å². The smallest absolute Gasteiger partial charge is 0.263 e. The minimum absolute atomic E-state index is 0.105. The molecule has 2 aromatic heterocycles. The van der Waals surface area contributed by atoms with Gasteiger partial charge in [-0.15, -0.1) is 11.3 Å². The van der Waals surface area contributed by atoms with Crippen LogP contribution < -0.4 is 11.1 Å². The highest BCUT2D eigenvalue weighted by molar-refractivity contribution is 7.21. The van der Waals surface area contributed by atoms with Crippen LogP contribution in [0.15, 0.2) is 18.3 Å². The van der Waals surface area contributed by atoms with Crippen LogP contribution in [-0.2, 0) is 0 Å². The van der Waals surface area contributed by atoms with Crippen LogP contribution in [0.3, 0.4) is 0 Å². The van der Waals surface area contributed by atoms with Gasteiger partial charge < -0.3 is 11.1 Å². The Morgan fingerprint density at radius 1 is 1.47 bits per heavy atom. The van der Waals surface area contributed by atoms with Gasteiger partial charge in [0.1, 0.15) is 10.4 Å². The summed E-state index contributed by atoms with van der Waals surface area (Å²) in [6, 6.07) is 3.78. The molecule has 0 fully saturated rings. The Bertz CT molecular complexity index is 602. The highest BCUT2D eigenvalue weighted by atomic mass is 32.1. The molecule has 3 N–H and O–H groups in total. The normalized spacial score (nSPS) is 11.7. The molecule has 102 valence electrons. The summed E-state index contributed by atoms with van der Waals surface area (Å²) in [5.74, 6) is -0.105. The van der Waals surface area contributed by atoms with Gasteiger partial charge in [0.15, 0.2) is 0 Å². The molecule has 0 spiro atoms. The number of nitrogens with one attached hydrogen (secondary N) is 1. The molecule has 2 rings (SSSR count). The van der Waals surface area contributed by atoms with Gasteiger partial charge in [0, 0.05) is 11.7 Å². The van der Waals surface area contributed by atoms with Crippen LogP contribution in [0.4, 0.5) is 5.69 Å². The summed E-state index contributed by atoms with van der Waals surface area (Å²) in [4.78, 5) is 17.1. The topological polar surface area (TPSA) is 68.0 Å². The van der Waals surface area contributed by atoms with Crippen molar-refractivity contribution in [3.63, 3.8) is 0 Å². The lowest BCUT2D eigenvalue weighted by Gasteiger charge is -2.28. The number of nitrogens with two attached hydrogens (primary N) is 1. The number of amides is 1. The second-order valence-electron chi connectivity index (χ2n) is 4.92. The number of nitrogen functional groups attached to an aromatic ring is 1. The second-order valence-corrected chi connectivity index (χ2v) is 5.97. The van der Waals surface area contributed by atoms with E-state index in [1.54, 1.807) is 6.20 Å². The van der Waals surface area contributed by atoms with E-state index >= 15 is 0 Å². The summed E-state index contributed by atoms with van der Waals surface area (Å²) in [7, 11) is 0. The second kappa shape index (κ2) is 5.17. The Morgan fingerprint density at radius 3 is 2.74 bits per heavy atom. The predicted octanol–water partition coefficient (Wildman–Crippen LogP) is 3.19. The molecule has 0 saturated heterocycles. The molecular weight excluding hydrogens is 258 g/mol. The third-order valence-corrected chi connectivity index (χ3v) is 4.82. The van der Waals surface area contributed by atoms with Gasteiger partial charge in [-0.25, -0.2) is 0 Å². The Kier molecular flexibility index (Phi) is 3.75. The number of fused-ring (bicyclic) bond motifs is 1. The van der Waals surface area contributed by atoms with Crippen molar-refractivity contribution in [3.8, 4) is 0 Å². The molecule has 0 aliphatic heterocycles. The number of anilines is 1. The number of hydrogen-bond donors (Lipinski definition) is 2. The summed E-state index contributed by atoms with van der Waals surface area (Å²) >= 11 is 1.39. The fourth-order valence-electron chi connectivity index (χ4n) is 1.87. The van der Waals surface area contributed by atoms with E-state index in [-0.39, 0.29) is 11.4 Å². The van der Waals surface area contributed by atoms with Crippen LogP contribution in [0, 0.1) is 0 Å². The summed E-state index contributed by atoms with van der Waals surface area (Å²) in [5, 5.41) is 3.07. The molecule has 4 nitrogen and oxygen atoms in total. The quantitative estimate of drug-likeness (QED) is 0.901. The van der Waals surface area contributed by atoms with Crippen molar-refractivity contribution in [1.29, 1.82) is 0 Å². The fourth-order valence-corrected chi connectivity index (χ4v) is 2.85. The molecule has 0 unspecified atom stereocenters. The van der Waals surface area contributed by atoms with E-state index in [0.717, 1.165) is 17.5 Å². The first kappa shape index (κ1) is 13.8. The van der Waals surface area contributed by atoms with E-state index < -0.39 is 0 Å². The van der Waals surface area contributed by atoms with Gasteiger partial charge in [-0.1, -0.05) is 13.8 Å².